The van der Waals surface area contributed by atoms with Crippen molar-refractivity contribution in [1.82, 2.24) is 0 Å². The Morgan fingerprint density at radius 3 is 2.69 bits per heavy atom. The highest BCUT2D eigenvalue weighted by atomic mass is 127. The highest BCUT2D eigenvalue weighted by molar-refractivity contribution is 14.1. The van der Waals surface area contributed by atoms with Crippen LogP contribution in [0.5, 0.6) is 0 Å². The number of benzene rings is 1. The van der Waals surface area contributed by atoms with Gasteiger partial charge in [0.1, 0.15) is 5.82 Å². The summed E-state index contributed by atoms with van der Waals surface area (Å²) < 4.78 is 38.6. The third kappa shape index (κ3) is 2.32. The van der Waals surface area contributed by atoms with E-state index in [0.717, 1.165) is 6.42 Å². The molecule has 0 saturated carbocycles. The summed E-state index contributed by atoms with van der Waals surface area (Å²) in [6.07, 6.45) is 1.56. The van der Waals surface area contributed by atoms with E-state index in [1.807, 2.05) is 22.6 Å². The van der Waals surface area contributed by atoms with Gasteiger partial charge in [-0.1, -0.05) is 0 Å². The summed E-state index contributed by atoms with van der Waals surface area (Å²) in [4.78, 5) is 0. The van der Waals surface area contributed by atoms with Crippen molar-refractivity contribution in [2.75, 3.05) is 16.6 Å². The van der Waals surface area contributed by atoms with Crippen molar-refractivity contribution in [3.8, 4) is 0 Å². The van der Waals surface area contributed by atoms with Crippen LogP contribution < -0.4 is 4.31 Å². The number of hydrogen-bond acceptors (Lipinski definition) is 2. The SMILES string of the molecule is O=S1(=O)CCCCN1c1ccc(F)cc1I. The Bertz CT molecular complexity index is 504. The van der Waals surface area contributed by atoms with Crippen LogP contribution in [0.2, 0.25) is 0 Å². The lowest BCUT2D eigenvalue weighted by molar-refractivity contribution is 0.574. The standard InChI is InChI=1S/C10H11FINO2S/c11-8-3-4-10(9(12)7-8)13-5-1-2-6-16(13,14)15/h3-4,7H,1-2,5-6H2. The van der Waals surface area contributed by atoms with Gasteiger partial charge in [-0.25, -0.2) is 12.8 Å². The largest absolute Gasteiger partial charge is 0.269 e. The van der Waals surface area contributed by atoms with Gasteiger partial charge in [-0.15, -0.1) is 0 Å². The molecule has 1 aromatic rings. The fourth-order valence-electron chi connectivity index (χ4n) is 1.74. The zero-order valence-electron chi connectivity index (χ0n) is 8.49. The molecule has 0 amide bonds. The van der Waals surface area contributed by atoms with Crippen LogP contribution in [0.3, 0.4) is 0 Å². The molecule has 16 heavy (non-hydrogen) atoms. The predicted octanol–water partition coefficient (Wildman–Crippen LogP) is 2.36. The molecule has 3 nitrogen and oxygen atoms in total. The number of rotatable bonds is 1. The van der Waals surface area contributed by atoms with Gasteiger partial charge in [0.2, 0.25) is 10.0 Å². The quantitative estimate of drug-likeness (QED) is 0.726. The smallest absolute Gasteiger partial charge is 0.235 e. The van der Waals surface area contributed by atoms with Crippen LogP contribution in [0.1, 0.15) is 12.8 Å². The van der Waals surface area contributed by atoms with Crippen LogP contribution in [0, 0.1) is 9.39 Å². The molecule has 0 spiro atoms. The summed E-state index contributed by atoms with van der Waals surface area (Å²) in [7, 11) is -3.21. The van der Waals surface area contributed by atoms with Crippen molar-refractivity contribution in [3.63, 3.8) is 0 Å². The fraction of sp³-hybridized carbons (Fsp3) is 0.400. The minimum Gasteiger partial charge on any atom is -0.269 e. The molecule has 0 atom stereocenters. The van der Waals surface area contributed by atoms with E-state index in [0.29, 0.717) is 22.2 Å². The Labute approximate surface area is 108 Å². The summed E-state index contributed by atoms with van der Waals surface area (Å²) >= 11 is 1.96. The highest BCUT2D eigenvalue weighted by Gasteiger charge is 2.27. The van der Waals surface area contributed by atoms with Gasteiger partial charge in [0.25, 0.3) is 0 Å². The number of nitrogens with zero attached hydrogens (tertiary/aromatic N) is 1. The van der Waals surface area contributed by atoms with Gasteiger partial charge in [-0.3, -0.25) is 4.31 Å². The number of sulfonamides is 1. The van der Waals surface area contributed by atoms with E-state index in [2.05, 4.69) is 0 Å². The van der Waals surface area contributed by atoms with Gasteiger partial charge < -0.3 is 0 Å². The van der Waals surface area contributed by atoms with Gasteiger partial charge in [0.05, 0.1) is 11.4 Å². The molecule has 1 aliphatic rings. The van der Waals surface area contributed by atoms with Crippen LogP contribution in [0.25, 0.3) is 0 Å². The second-order valence-corrected chi connectivity index (χ2v) is 6.87. The van der Waals surface area contributed by atoms with Gasteiger partial charge in [0.15, 0.2) is 0 Å². The summed E-state index contributed by atoms with van der Waals surface area (Å²) in [6.45, 7) is 0.490. The third-order valence-corrected chi connectivity index (χ3v) is 5.25. The lowest BCUT2D eigenvalue weighted by atomic mass is 10.3. The molecule has 0 aliphatic carbocycles. The van der Waals surface area contributed by atoms with Crippen LogP contribution >= 0.6 is 22.6 Å². The summed E-state index contributed by atoms with van der Waals surface area (Å²) in [5.74, 6) is -0.164. The lowest BCUT2D eigenvalue weighted by Gasteiger charge is -2.29. The van der Waals surface area contributed by atoms with E-state index in [9.17, 15) is 12.8 Å². The first kappa shape index (κ1) is 12.1. The van der Waals surface area contributed by atoms with Crippen molar-refractivity contribution in [3.05, 3.63) is 27.6 Å². The molecule has 2 rings (SSSR count). The average Bonchev–Trinajstić information content (AvgIpc) is 2.19. The summed E-state index contributed by atoms with van der Waals surface area (Å²) in [6, 6.07) is 4.17. The lowest BCUT2D eigenvalue weighted by Crippen LogP contribution is -2.38. The molecule has 88 valence electrons. The minimum absolute atomic E-state index is 0.181. The maximum atomic E-state index is 12.9. The van der Waals surface area contributed by atoms with Gasteiger partial charge >= 0.3 is 0 Å². The van der Waals surface area contributed by atoms with Crippen LogP contribution in [0.15, 0.2) is 18.2 Å². The molecular weight excluding hydrogens is 344 g/mol. The molecule has 0 bridgehead atoms. The Morgan fingerprint density at radius 2 is 2.06 bits per heavy atom. The van der Waals surface area contributed by atoms with Gasteiger partial charge in [-0.05, 0) is 53.6 Å². The first-order valence-electron chi connectivity index (χ1n) is 4.96. The van der Waals surface area contributed by atoms with Crippen molar-refractivity contribution in [2.24, 2.45) is 0 Å². The van der Waals surface area contributed by atoms with E-state index < -0.39 is 10.0 Å². The average molecular weight is 355 g/mol. The van der Waals surface area contributed by atoms with Crippen molar-refractivity contribution in [2.45, 2.75) is 12.8 Å². The van der Waals surface area contributed by atoms with E-state index >= 15 is 0 Å². The molecule has 6 heteroatoms. The number of halogens is 2. The summed E-state index contributed by atoms with van der Waals surface area (Å²) in [5, 5.41) is 0. The molecular formula is C10H11FINO2S. The first-order valence-corrected chi connectivity index (χ1v) is 7.65. The minimum atomic E-state index is -3.21. The third-order valence-electron chi connectivity index (χ3n) is 2.53. The molecule has 1 saturated heterocycles. The van der Waals surface area contributed by atoms with Crippen molar-refractivity contribution in [1.29, 1.82) is 0 Å². The molecule has 0 aromatic heterocycles. The second kappa shape index (κ2) is 4.48. The maximum absolute atomic E-state index is 12.9. The Morgan fingerprint density at radius 1 is 1.31 bits per heavy atom. The van der Waals surface area contributed by atoms with Crippen LogP contribution in [0.4, 0.5) is 10.1 Å². The Kier molecular flexibility index (Phi) is 3.39. The van der Waals surface area contributed by atoms with E-state index in [-0.39, 0.29) is 11.6 Å². The molecule has 0 unspecified atom stereocenters. The monoisotopic (exact) mass is 355 g/mol. The van der Waals surface area contributed by atoms with E-state index in [1.54, 1.807) is 0 Å². The summed E-state index contributed by atoms with van der Waals surface area (Å²) in [5.41, 5.74) is 0.585. The van der Waals surface area contributed by atoms with Crippen LogP contribution in [-0.2, 0) is 10.0 Å². The molecule has 1 aliphatic heterocycles. The normalized spacial score (nSPS) is 19.8. The Hall–Kier alpha value is -0.370. The van der Waals surface area contributed by atoms with Gasteiger partial charge in [0, 0.05) is 10.1 Å². The van der Waals surface area contributed by atoms with E-state index in [1.165, 1.54) is 22.5 Å². The number of anilines is 1. The molecule has 0 radical (unpaired) electrons. The number of hydrogen-bond donors (Lipinski definition) is 0. The zero-order valence-corrected chi connectivity index (χ0v) is 11.5. The first-order chi connectivity index (χ1) is 7.50. The predicted molar refractivity (Wildman–Crippen MR) is 69.5 cm³/mol. The Balaban J connectivity index is 2.43. The van der Waals surface area contributed by atoms with E-state index in [4.69, 9.17) is 0 Å². The topological polar surface area (TPSA) is 37.4 Å². The van der Waals surface area contributed by atoms with Gasteiger partial charge in [-0.2, -0.15) is 0 Å². The molecule has 1 heterocycles. The molecule has 1 aromatic carbocycles. The zero-order chi connectivity index (χ0) is 11.8. The second-order valence-electron chi connectivity index (χ2n) is 3.69. The highest BCUT2D eigenvalue weighted by Crippen LogP contribution is 2.28. The fourth-order valence-corrected chi connectivity index (χ4v) is 4.33. The maximum Gasteiger partial charge on any atom is 0.235 e. The van der Waals surface area contributed by atoms with Crippen molar-refractivity contribution >= 4 is 38.3 Å². The van der Waals surface area contributed by atoms with Crippen LogP contribution in [-0.4, -0.2) is 20.7 Å². The molecule has 1 fully saturated rings. The molecule has 0 N–H and O–H groups in total. The van der Waals surface area contributed by atoms with Crippen molar-refractivity contribution < 1.29 is 12.8 Å².